The smallest absolute Gasteiger partial charge is 0.314 e. The summed E-state index contributed by atoms with van der Waals surface area (Å²) in [4.78, 5) is 43.9. The van der Waals surface area contributed by atoms with Crippen molar-refractivity contribution >= 4 is 29.4 Å². The monoisotopic (exact) mass is 509 g/mol. The van der Waals surface area contributed by atoms with Crippen molar-refractivity contribution in [2.75, 3.05) is 13.2 Å². The average molecular weight is 510 g/mol. The number of esters is 1. The van der Waals surface area contributed by atoms with E-state index < -0.39 is 22.4 Å². The zero-order chi connectivity index (χ0) is 25.5. The number of ether oxygens (including phenoxy) is 1. The van der Waals surface area contributed by atoms with Crippen molar-refractivity contribution in [2.24, 2.45) is 29.6 Å². The molecule has 7 heteroatoms. The molecule has 1 N–H and O–H groups in total. The fraction of sp³-hybridized carbons (Fsp3) is 0.552. The Kier molecular flexibility index (Phi) is 6.90. The summed E-state index contributed by atoms with van der Waals surface area (Å²) in [6, 6.07) is 9.45. The minimum atomic E-state index is -1.74. The molecule has 0 spiro atoms. The van der Waals surface area contributed by atoms with E-state index in [0.717, 1.165) is 30.6 Å². The number of rotatable bonds is 7. The molecule has 0 bridgehead atoms. The van der Waals surface area contributed by atoms with Crippen molar-refractivity contribution < 1.29 is 24.2 Å². The minimum Gasteiger partial charge on any atom is -0.461 e. The second-order valence-corrected chi connectivity index (χ2v) is 12.1. The predicted molar refractivity (Wildman–Crippen MR) is 138 cm³/mol. The van der Waals surface area contributed by atoms with E-state index in [2.05, 4.69) is 25.7 Å². The number of hydrogen-bond donors (Lipinski definition) is 1. The highest BCUT2D eigenvalue weighted by Gasteiger charge is 2.70. The first-order valence-electron chi connectivity index (χ1n) is 13.1. The Bertz CT molecular complexity index is 1070. The Morgan fingerprint density at radius 3 is 2.69 bits per heavy atom. The lowest BCUT2D eigenvalue weighted by Crippen LogP contribution is -2.51. The fourth-order valence-corrected chi connectivity index (χ4v) is 8.41. The molecule has 1 aromatic carbocycles. The van der Waals surface area contributed by atoms with E-state index in [1.807, 2.05) is 30.3 Å². The molecule has 1 aromatic rings. The van der Waals surface area contributed by atoms with E-state index in [1.165, 1.54) is 22.7 Å². The normalized spacial score (nSPS) is 37.3. The lowest BCUT2D eigenvalue weighted by molar-refractivity contribution is -0.165. The van der Waals surface area contributed by atoms with E-state index in [0.29, 0.717) is 12.3 Å². The maximum absolute atomic E-state index is 14.7. The van der Waals surface area contributed by atoms with Crippen molar-refractivity contribution in [1.82, 2.24) is 4.90 Å². The average Bonchev–Trinajstić information content (AvgIpc) is 3.32. The first kappa shape index (κ1) is 25.3. The molecule has 3 fully saturated rings. The van der Waals surface area contributed by atoms with Crippen LogP contribution >= 0.6 is 11.8 Å². The minimum absolute atomic E-state index is 0.0105. The number of carbonyl (C=O) groups is 3. The highest BCUT2D eigenvalue weighted by atomic mass is 32.2. The number of carbonyl (C=O) groups excluding carboxylic acids is 3. The standard InChI is InChI=1S/C29H35NO5S/c1-3-17-35-26(32)23-15-16-30-27(33)28(18-29(23,30)34,36-21-10-5-4-6-11-21)25(31)24-19(2)13-14-20-9-7-8-12-22(20)24/h3-6,10-11,13-14,19-20,22-24,34H,1,7-9,12,15-18H2,2H3/t19-,20+,22-,23-,24-,28+,29-/m0/s1. The van der Waals surface area contributed by atoms with Crippen molar-refractivity contribution in [3.05, 3.63) is 55.1 Å². The largest absolute Gasteiger partial charge is 0.461 e. The van der Waals surface area contributed by atoms with Crippen LogP contribution < -0.4 is 0 Å². The summed E-state index contributed by atoms with van der Waals surface area (Å²) in [6.07, 6.45) is 10.4. The Morgan fingerprint density at radius 2 is 1.94 bits per heavy atom. The quantitative estimate of drug-likeness (QED) is 0.334. The number of hydrogen-bond acceptors (Lipinski definition) is 6. The summed E-state index contributed by atoms with van der Waals surface area (Å²) in [5, 5.41) is 11.9. The molecule has 2 heterocycles. The van der Waals surface area contributed by atoms with Crippen LogP contribution in [-0.4, -0.2) is 51.3 Å². The number of fused-ring (bicyclic) bond motifs is 2. The third-order valence-corrected chi connectivity index (χ3v) is 10.1. The van der Waals surface area contributed by atoms with E-state index in [-0.39, 0.29) is 49.0 Å². The predicted octanol–water partition coefficient (Wildman–Crippen LogP) is 4.39. The van der Waals surface area contributed by atoms with Crippen LogP contribution in [0.4, 0.5) is 0 Å². The van der Waals surface area contributed by atoms with Gasteiger partial charge in [0.05, 0.1) is 0 Å². The lowest BCUT2D eigenvalue weighted by Gasteiger charge is -2.43. The number of nitrogens with zero attached hydrogens (tertiary/aromatic N) is 1. The van der Waals surface area contributed by atoms with Crippen molar-refractivity contribution in [3.8, 4) is 0 Å². The van der Waals surface area contributed by atoms with Crippen LogP contribution in [0, 0.1) is 29.6 Å². The first-order valence-corrected chi connectivity index (χ1v) is 13.9. The first-order chi connectivity index (χ1) is 17.3. The zero-order valence-electron chi connectivity index (χ0n) is 20.8. The van der Waals surface area contributed by atoms with Crippen molar-refractivity contribution in [3.63, 3.8) is 0 Å². The summed E-state index contributed by atoms with van der Waals surface area (Å²) in [5.41, 5.74) is -1.74. The van der Waals surface area contributed by atoms with Crippen LogP contribution in [0.15, 0.2) is 60.0 Å². The molecular formula is C29H35NO5S. The third kappa shape index (κ3) is 4.04. The van der Waals surface area contributed by atoms with Crippen LogP contribution in [0.2, 0.25) is 0 Å². The molecule has 4 aliphatic rings. The van der Waals surface area contributed by atoms with E-state index >= 15 is 0 Å². The Labute approximate surface area is 217 Å². The van der Waals surface area contributed by atoms with Crippen molar-refractivity contribution in [2.45, 2.75) is 60.8 Å². The molecule has 2 aliphatic heterocycles. The molecule has 0 radical (unpaired) electrons. The van der Waals surface area contributed by atoms with Gasteiger partial charge in [0.15, 0.2) is 16.3 Å². The number of thioether (sulfide) groups is 1. The second kappa shape index (κ2) is 9.82. The summed E-state index contributed by atoms with van der Waals surface area (Å²) in [7, 11) is 0. The Balaban J connectivity index is 1.55. The van der Waals surface area contributed by atoms with Crippen LogP contribution in [-0.2, 0) is 19.1 Å². The van der Waals surface area contributed by atoms with E-state index in [9.17, 15) is 19.5 Å². The second-order valence-electron chi connectivity index (χ2n) is 10.8. The number of aliphatic hydroxyl groups is 1. The molecule has 1 amide bonds. The molecule has 6 nitrogen and oxygen atoms in total. The maximum atomic E-state index is 14.7. The van der Waals surface area contributed by atoms with E-state index in [4.69, 9.17) is 4.74 Å². The molecule has 0 unspecified atom stereocenters. The molecule has 2 saturated heterocycles. The van der Waals surface area contributed by atoms with Crippen LogP contribution in [0.5, 0.6) is 0 Å². The Morgan fingerprint density at radius 1 is 1.19 bits per heavy atom. The Hall–Kier alpha value is -2.38. The summed E-state index contributed by atoms with van der Waals surface area (Å²) in [5.74, 6) is -1.66. The zero-order valence-corrected chi connectivity index (χ0v) is 21.6. The van der Waals surface area contributed by atoms with E-state index in [1.54, 1.807) is 0 Å². The topological polar surface area (TPSA) is 83.9 Å². The summed E-state index contributed by atoms with van der Waals surface area (Å²) < 4.78 is 3.79. The van der Waals surface area contributed by atoms with Gasteiger partial charge in [-0.05, 0) is 49.1 Å². The fourth-order valence-electron chi connectivity index (χ4n) is 6.99. The molecule has 2 aliphatic carbocycles. The SMILES string of the molecule is C=CCOC(=O)[C@@H]1CCN2C(=O)[C@](Sc3ccccc3)(C(=O)[C@@H]3[C@H]4CCCC[C@@H]4C=C[C@@H]3C)C[C@]12O. The number of Topliss-reactive ketones (excluding diaryl/α,β-unsaturated/α-hetero) is 1. The van der Waals surface area contributed by atoms with Gasteiger partial charge in [0.1, 0.15) is 12.5 Å². The van der Waals surface area contributed by atoms with Crippen LogP contribution in [0.25, 0.3) is 0 Å². The number of ketones is 1. The van der Waals surface area contributed by atoms with Gasteiger partial charge in [0.25, 0.3) is 0 Å². The van der Waals surface area contributed by atoms with Crippen molar-refractivity contribution in [1.29, 1.82) is 0 Å². The molecule has 36 heavy (non-hydrogen) atoms. The highest BCUT2D eigenvalue weighted by molar-refractivity contribution is 8.02. The maximum Gasteiger partial charge on any atom is 0.314 e. The van der Waals surface area contributed by atoms with Crippen LogP contribution in [0.3, 0.4) is 0 Å². The molecule has 5 rings (SSSR count). The summed E-state index contributed by atoms with van der Waals surface area (Å²) in [6.45, 7) is 5.91. The van der Waals surface area contributed by atoms with Gasteiger partial charge in [0, 0.05) is 23.8 Å². The number of benzene rings is 1. The van der Waals surface area contributed by atoms with Crippen LogP contribution in [0.1, 0.15) is 45.4 Å². The number of amides is 1. The molecule has 1 saturated carbocycles. The summed E-state index contributed by atoms with van der Waals surface area (Å²) >= 11 is 1.24. The van der Waals surface area contributed by atoms with Gasteiger partial charge < -0.3 is 14.7 Å². The third-order valence-electron chi connectivity index (χ3n) is 8.70. The lowest BCUT2D eigenvalue weighted by atomic mass is 9.62. The van der Waals surface area contributed by atoms with Gasteiger partial charge in [-0.2, -0.15) is 0 Å². The molecular weight excluding hydrogens is 474 g/mol. The molecule has 0 aromatic heterocycles. The van der Waals surface area contributed by atoms with Gasteiger partial charge in [-0.25, -0.2) is 0 Å². The highest BCUT2D eigenvalue weighted by Crippen LogP contribution is 2.56. The van der Waals surface area contributed by atoms with Gasteiger partial charge in [0.2, 0.25) is 5.91 Å². The van der Waals surface area contributed by atoms with Gasteiger partial charge in [-0.1, -0.05) is 62.8 Å². The number of allylic oxidation sites excluding steroid dienone is 2. The van der Waals surface area contributed by atoms with Gasteiger partial charge in [-0.3, -0.25) is 14.4 Å². The van der Waals surface area contributed by atoms with Gasteiger partial charge in [-0.15, -0.1) is 11.8 Å². The molecule has 7 atom stereocenters. The molecule has 192 valence electrons. The van der Waals surface area contributed by atoms with Gasteiger partial charge >= 0.3 is 5.97 Å².